The summed E-state index contributed by atoms with van der Waals surface area (Å²) < 4.78 is 5.86. The van der Waals surface area contributed by atoms with Crippen LogP contribution in [0.25, 0.3) is 44.2 Å². The number of pyridine rings is 1. The number of rotatable bonds is 1. The monoisotopic (exact) mass is 297 g/mol. The molecule has 3 heterocycles. The summed E-state index contributed by atoms with van der Waals surface area (Å²) in [4.78, 5) is 13.4. The van der Waals surface area contributed by atoms with Gasteiger partial charge >= 0.3 is 0 Å². The van der Waals surface area contributed by atoms with Crippen LogP contribution < -0.4 is 0 Å². The second-order valence-corrected chi connectivity index (χ2v) is 5.38. The smallest absolute Gasteiger partial charge is 0.230 e. The van der Waals surface area contributed by atoms with Gasteiger partial charge in [-0.3, -0.25) is 4.98 Å². The lowest BCUT2D eigenvalue weighted by Crippen LogP contribution is -1.89. The van der Waals surface area contributed by atoms with Crippen molar-refractivity contribution in [2.45, 2.75) is 0 Å². The lowest BCUT2D eigenvalue weighted by atomic mass is 10.0. The normalized spacial score (nSPS) is 11.5. The summed E-state index contributed by atoms with van der Waals surface area (Å²) in [6.07, 6.45) is 3.35. The highest BCUT2D eigenvalue weighted by molar-refractivity contribution is 6.12. The SMILES string of the molecule is c1cnc2c(-c3ncnc4oc5ccccc5c34)cccc2c1. The number of hydrogen-bond acceptors (Lipinski definition) is 4. The van der Waals surface area contributed by atoms with Crippen LogP contribution in [0.4, 0.5) is 0 Å². The van der Waals surface area contributed by atoms with E-state index < -0.39 is 0 Å². The predicted octanol–water partition coefficient (Wildman–Crippen LogP) is 4.59. The largest absolute Gasteiger partial charge is 0.438 e. The maximum atomic E-state index is 5.86. The highest BCUT2D eigenvalue weighted by Crippen LogP contribution is 2.35. The van der Waals surface area contributed by atoms with Gasteiger partial charge < -0.3 is 4.42 Å². The van der Waals surface area contributed by atoms with Gasteiger partial charge in [-0.2, -0.15) is 0 Å². The molecule has 0 atom stereocenters. The van der Waals surface area contributed by atoms with Crippen molar-refractivity contribution in [3.63, 3.8) is 0 Å². The van der Waals surface area contributed by atoms with E-state index in [1.54, 1.807) is 12.5 Å². The first-order valence-electron chi connectivity index (χ1n) is 7.38. The van der Waals surface area contributed by atoms with E-state index in [0.29, 0.717) is 5.71 Å². The van der Waals surface area contributed by atoms with Crippen molar-refractivity contribution in [3.8, 4) is 11.3 Å². The fourth-order valence-electron chi connectivity index (χ4n) is 3.06. The number of benzene rings is 2. The van der Waals surface area contributed by atoms with E-state index in [0.717, 1.165) is 38.5 Å². The van der Waals surface area contributed by atoms with Crippen LogP contribution in [0.2, 0.25) is 0 Å². The first-order chi connectivity index (χ1) is 11.4. The fourth-order valence-corrected chi connectivity index (χ4v) is 3.06. The molecule has 4 heteroatoms. The molecule has 0 saturated heterocycles. The molecule has 0 aliphatic rings. The Kier molecular flexibility index (Phi) is 2.46. The third-order valence-corrected chi connectivity index (χ3v) is 4.06. The third kappa shape index (κ3) is 1.75. The molecule has 0 unspecified atom stereocenters. The van der Waals surface area contributed by atoms with E-state index in [9.17, 15) is 0 Å². The minimum absolute atomic E-state index is 0.601. The summed E-state index contributed by atoms with van der Waals surface area (Å²) in [5.41, 5.74) is 4.19. The Morgan fingerprint density at radius 2 is 1.70 bits per heavy atom. The van der Waals surface area contributed by atoms with Crippen LogP contribution in [0.1, 0.15) is 0 Å². The molecule has 23 heavy (non-hydrogen) atoms. The molecule has 3 aromatic heterocycles. The molecular formula is C19H11N3O. The lowest BCUT2D eigenvalue weighted by Gasteiger charge is -2.05. The molecule has 0 aliphatic carbocycles. The van der Waals surface area contributed by atoms with Crippen LogP contribution >= 0.6 is 0 Å². The van der Waals surface area contributed by atoms with E-state index in [4.69, 9.17) is 4.42 Å². The quantitative estimate of drug-likeness (QED) is 0.454. The van der Waals surface area contributed by atoms with Gasteiger partial charge in [0.15, 0.2) is 0 Å². The highest BCUT2D eigenvalue weighted by atomic mass is 16.3. The Morgan fingerprint density at radius 1 is 0.783 bits per heavy atom. The van der Waals surface area contributed by atoms with Gasteiger partial charge in [-0.1, -0.05) is 42.5 Å². The van der Waals surface area contributed by atoms with Crippen molar-refractivity contribution >= 4 is 33.0 Å². The van der Waals surface area contributed by atoms with Crippen LogP contribution in [-0.4, -0.2) is 15.0 Å². The van der Waals surface area contributed by atoms with Gasteiger partial charge in [0.25, 0.3) is 0 Å². The average Bonchev–Trinajstić information content (AvgIpc) is 3.00. The summed E-state index contributed by atoms with van der Waals surface area (Å²) in [5.74, 6) is 0. The molecule has 0 aliphatic heterocycles. The Labute approximate surface area is 131 Å². The van der Waals surface area contributed by atoms with Crippen LogP contribution in [0.5, 0.6) is 0 Å². The number of aromatic nitrogens is 3. The van der Waals surface area contributed by atoms with Crippen molar-refractivity contribution in [2.24, 2.45) is 0 Å². The van der Waals surface area contributed by atoms with Gasteiger partial charge in [0.2, 0.25) is 5.71 Å². The van der Waals surface area contributed by atoms with Crippen molar-refractivity contribution in [3.05, 3.63) is 67.1 Å². The first-order valence-corrected chi connectivity index (χ1v) is 7.38. The molecule has 0 bridgehead atoms. The van der Waals surface area contributed by atoms with E-state index in [1.807, 2.05) is 42.5 Å². The number of fused-ring (bicyclic) bond motifs is 4. The second-order valence-electron chi connectivity index (χ2n) is 5.38. The number of furan rings is 1. The van der Waals surface area contributed by atoms with Crippen LogP contribution in [0.15, 0.2) is 71.5 Å². The topological polar surface area (TPSA) is 51.8 Å². The van der Waals surface area contributed by atoms with Crippen molar-refractivity contribution < 1.29 is 4.42 Å². The van der Waals surface area contributed by atoms with E-state index >= 15 is 0 Å². The molecule has 0 spiro atoms. The number of para-hydroxylation sites is 2. The molecule has 5 aromatic rings. The second kappa shape index (κ2) is 4.61. The zero-order chi connectivity index (χ0) is 15.2. The predicted molar refractivity (Wildman–Crippen MR) is 90.0 cm³/mol. The van der Waals surface area contributed by atoms with Gasteiger partial charge in [-0.25, -0.2) is 9.97 Å². The van der Waals surface area contributed by atoms with E-state index in [1.165, 1.54) is 0 Å². The third-order valence-electron chi connectivity index (χ3n) is 4.06. The zero-order valence-corrected chi connectivity index (χ0v) is 12.1. The van der Waals surface area contributed by atoms with Crippen LogP contribution in [0.3, 0.4) is 0 Å². The number of hydrogen-bond donors (Lipinski definition) is 0. The summed E-state index contributed by atoms with van der Waals surface area (Å²) in [7, 11) is 0. The maximum absolute atomic E-state index is 5.86. The molecule has 5 rings (SSSR count). The molecular weight excluding hydrogens is 286 g/mol. The average molecular weight is 297 g/mol. The minimum atomic E-state index is 0.601. The fraction of sp³-hybridized carbons (Fsp3) is 0. The molecule has 0 radical (unpaired) electrons. The highest BCUT2D eigenvalue weighted by Gasteiger charge is 2.16. The van der Waals surface area contributed by atoms with E-state index in [-0.39, 0.29) is 0 Å². The molecule has 4 nitrogen and oxygen atoms in total. The first kappa shape index (κ1) is 12.3. The Morgan fingerprint density at radius 3 is 2.70 bits per heavy atom. The van der Waals surface area contributed by atoms with Gasteiger partial charge in [0, 0.05) is 22.5 Å². The Balaban J connectivity index is 1.96. The standard InChI is InChI=1S/C19H11N3O/c1-2-9-15-13(7-1)16-18(21-11-22-19(16)23-15)14-8-3-5-12-6-4-10-20-17(12)14/h1-11H. The van der Waals surface area contributed by atoms with Crippen molar-refractivity contribution in [1.29, 1.82) is 0 Å². The van der Waals surface area contributed by atoms with Crippen LogP contribution in [-0.2, 0) is 0 Å². The molecule has 2 aromatic carbocycles. The minimum Gasteiger partial charge on any atom is -0.438 e. The zero-order valence-electron chi connectivity index (χ0n) is 12.1. The molecule has 0 saturated carbocycles. The summed E-state index contributed by atoms with van der Waals surface area (Å²) >= 11 is 0. The number of nitrogens with zero attached hydrogens (tertiary/aromatic N) is 3. The van der Waals surface area contributed by atoms with Crippen LogP contribution in [0, 0.1) is 0 Å². The summed E-state index contributed by atoms with van der Waals surface area (Å²) in [6, 6.07) is 18.0. The Hall–Kier alpha value is -3.27. The molecule has 0 fully saturated rings. The van der Waals surface area contributed by atoms with Gasteiger partial charge in [0.1, 0.15) is 11.9 Å². The van der Waals surface area contributed by atoms with Crippen molar-refractivity contribution in [1.82, 2.24) is 15.0 Å². The van der Waals surface area contributed by atoms with Gasteiger partial charge in [-0.15, -0.1) is 0 Å². The molecule has 0 N–H and O–H groups in total. The maximum Gasteiger partial charge on any atom is 0.230 e. The van der Waals surface area contributed by atoms with Crippen molar-refractivity contribution in [2.75, 3.05) is 0 Å². The van der Waals surface area contributed by atoms with Gasteiger partial charge in [0.05, 0.1) is 16.6 Å². The Bertz CT molecular complexity index is 1170. The molecule has 108 valence electrons. The summed E-state index contributed by atoms with van der Waals surface area (Å²) in [5, 5.41) is 3.04. The summed E-state index contributed by atoms with van der Waals surface area (Å²) in [6.45, 7) is 0. The lowest BCUT2D eigenvalue weighted by molar-refractivity contribution is 0.653. The molecule has 0 amide bonds. The van der Waals surface area contributed by atoms with E-state index in [2.05, 4.69) is 27.1 Å². The van der Waals surface area contributed by atoms with Gasteiger partial charge in [-0.05, 0) is 12.1 Å².